The molecule has 0 saturated heterocycles. The van der Waals surface area contributed by atoms with Crippen LogP contribution in [0.15, 0.2) is 16.7 Å². The molecule has 1 heterocycles. The summed E-state index contributed by atoms with van der Waals surface area (Å²) in [5.74, 6) is 0.431. The minimum Gasteiger partial charge on any atom is -0.469 e. The molecule has 0 aromatic carbocycles. The minimum absolute atomic E-state index is 0.117. The third-order valence-electron chi connectivity index (χ3n) is 2.09. The largest absolute Gasteiger partial charge is 0.469 e. The van der Waals surface area contributed by atoms with Gasteiger partial charge in [0.15, 0.2) is 0 Å². The van der Waals surface area contributed by atoms with E-state index in [2.05, 4.69) is 6.07 Å². The van der Waals surface area contributed by atoms with E-state index in [0.29, 0.717) is 17.9 Å². The van der Waals surface area contributed by atoms with Crippen LogP contribution in [0.2, 0.25) is 0 Å². The van der Waals surface area contributed by atoms with Gasteiger partial charge in [-0.2, -0.15) is 5.26 Å². The molecule has 80 valence electrons. The molecule has 1 aromatic heterocycles. The van der Waals surface area contributed by atoms with Crippen molar-refractivity contribution in [3.63, 3.8) is 0 Å². The van der Waals surface area contributed by atoms with Gasteiger partial charge in [0.05, 0.1) is 17.6 Å². The fourth-order valence-electron chi connectivity index (χ4n) is 1.31. The highest BCUT2D eigenvalue weighted by molar-refractivity contribution is 5.93. The van der Waals surface area contributed by atoms with E-state index < -0.39 is 0 Å². The quantitative estimate of drug-likeness (QED) is 0.758. The first-order chi connectivity index (χ1) is 7.04. The Balaban J connectivity index is 2.65. The number of aryl methyl sites for hydroxylation is 1. The fraction of sp³-hybridized carbons (Fsp3) is 0.455. The third-order valence-corrected chi connectivity index (χ3v) is 2.09. The van der Waals surface area contributed by atoms with Gasteiger partial charge >= 0.3 is 0 Å². The van der Waals surface area contributed by atoms with Crippen molar-refractivity contribution in [3.8, 4) is 6.07 Å². The van der Waals surface area contributed by atoms with Gasteiger partial charge in [0.1, 0.15) is 12.0 Å². The number of hydrogen-bond acceptors (Lipinski definition) is 3. The van der Waals surface area contributed by atoms with E-state index in [-0.39, 0.29) is 11.8 Å². The molecule has 0 aliphatic heterocycles. The molecule has 4 nitrogen and oxygen atoms in total. The van der Waals surface area contributed by atoms with Crippen molar-refractivity contribution < 1.29 is 9.21 Å². The lowest BCUT2D eigenvalue weighted by molar-refractivity contribution is 0.0784. The normalized spacial score (nSPS) is 11.9. The summed E-state index contributed by atoms with van der Waals surface area (Å²) in [7, 11) is 1.68. The molecule has 1 unspecified atom stereocenters. The Kier molecular flexibility index (Phi) is 3.51. The van der Waals surface area contributed by atoms with Gasteiger partial charge in [0.2, 0.25) is 0 Å². The molecule has 1 aromatic rings. The zero-order chi connectivity index (χ0) is 11.4. The second-order valence-corrected chi connectivity index (χ2v) is 3.66. The number of amides is 1. The Morgan fingerprint density at radius 3 is 2.87 bits per heavy atom. The molecular weight excluding hydrogens is 192 g/mol. The number of nitrogens with zero attached hydrogens (tertiary/aromatic N) is 2. The van der Waals surface area contributed by atoms with Crippen molar-refractivity contribution in [2.45, 2.75) is 13.8 Å². The fourth-order valence-corrected chi connectivity index (χ4v) is 1.31. The molecule has 1 atom stereocenters. The molecule has 0 spiro atoms. The number of carbonyl (C=O) groups is 1. The van der Waals surface area contributed by atoms with Gasteiger partial charge in [-0.05, 0) is 19.9 Å². The molecule has 15 heavy (non-hydrogen) atoms. The van der Waals surface area contributed by atoms with E-state index in [1.54, 1.807) is 27.0 Å². The Bertz CT molecular complexity index is 390. The third kappa shape index (κ3) is 2.84. The van der Waals surface area contributed by atoms with E-state index in [4.69, 9.17) is 9.68 Å². The maximum atomic E-state index is 11.8. The summed E-state index contributed by atoms with van der Waals surface area (Å²) in [5.41, 5.74) is 0.528. The maximum Gasteiger partial charge on any atom is 0.256 e. The van der Waals surface area contributed by atoms with Gasteiger partial charge in [-0.25, -0.2) is 0 Å². The lowest BCUT2D eigenvalue weighted by Crippen LogP contribution is -2.30. The van der Waals surface area contributed by atoms with Gasteiger partial charge in [0.25, 0.3) is 5.91 Å². The first kappa shape index (κ1) is 11.3. The van der Waals surface area contributed by atoms with E-state index in [1.165, 1.54) is 11.2 Å². The van der Waals surface area contributed by atoms with Crippen LogP contribution in [0, 0.1) is 24.2 Å². The SMILES string of the molecule is Cc1cc(C(=O)N(C)CC(C)C#N)co1. The Hall–Kier alpha value is -1.76. The molecule has 1 amide bonds. The van der Waals surface area contributed by atoms with Crippen LogP contribution in [-0.2, 0) is 0 Å². The Labute approximate surface area is 89.1 Å². The second kappa shape index (κ2) is 4.65. The van der Waals surface area contributed by atoms with E-state index in [1.807, 2.05) is 0 Å². The van der Waals surface area contributed by atoms with Crippen molar-refractivity contribution in [1.82, 2.24) is 4.90 Å². The smallest absolute Gasteiger partial charge is 0.256 e. The number of rotatable bonds is 3. The highest BCUT2D eigenvalue weighted by Crippen LogP contribution is 2.09. The Morgan fingerprint density at radius 1 is 1.73 bits per heavy atom. The van der Waals surface area contributed by atoms with Crippen molar-refractivity contribution in [2.75, 3.05) is 13.6 Å². The van der Waals surface area contributed by atoms with Crippen LogP contribution >= 0.6 is 0 Å². The van der Waals surface area contributed by atoms with Crippen LogP contribution in [0.5, 0.6) is 0 Å². The van der Waals surface area contributed by atoms with Gasteiger partial charge < -0.3 is 9.32 Å². The molecule has 0 radical (unpaired) electrons. The molecule has 0 aliphatic carbocycles. The minimum atomic E-state index is -0.160. The molecule has 0 bridgehead atoms. The van der Waals surface area contributed by atoms with Crippen LogP contribution in [-0.4, -0.2) is 24.4 Å². The average Bonchev–Trinajstić information content (AvgIpc) is 2.63. The second-order valence-electron chi connectivity index (χ2n) is 3.66. The monoisotopic (exact) mass is 206 g/mol. The van der Waals surface area contributed by atoms with E-state index in [9.17, 15) is 4.79 Å². The maximum absolute atomic E-state index is 11.8. The highest BCUT2D eigenvalue weighted by atomic mass is 16.3. The van der Waals surface area contributed by atoms with Crippen LogP contribution in [0.4, 0.5) is 0 Å². The van der Waals surface area contributed by atoms with Crippen LogP contribution in [0.25, 0.3) is 0 Å². The summed E-state index contributed by atoms with van der Waals surface area (Å²) in [6.07, 6.45) is 1.44. The van der Waals surface area contributed by atoms with E-state index >= 15 is 0 Å². The molecule has 0 fully saturated rings. The van der Waals surface area contributed by atoms with E-state index in [0.717, 1.165) is 0 Å². The van der Waals surface area contributed by atoms with Gasteiger partial charge in [-0.3, -0.25) is 4.79 Å². The highest BCUT2D eigenvalue weighted by Gasteiger charge is 2.15. The molecule has 0 saturated carbocycles. The van der Waals surface area contributed by atoms with Crippen molar-refractivity contribution in [3.05, 3.63) is 23.7 Å². The number of carbonyl (C=O) groups excluding carboxylic acids is 1. The summed E-state index contributed by atoms with van der Waals surface area (Å²) in [4.78, 5) is 13.3. The Morgan fingerprint density at radius 2 is 2.40 bits per heavy atom. The first-order valence-corrected chi connectivity index (χ1v) is 4.74. The topological polar surface area (TPSA) is 57.2 Å². The van der Waals surface area contributed by atoms with Gasteiger partial charge in [-0.15, -0.1) is 0 Å². The molecule has 4 heteroatoms. The number of furan rings is 1. The molecule has 1 rings (SSSR count). The van der Waals surface area contributed by atoms with Crippen LogP contribution in [0.1, 0.15) is 23.0 Å². The summed E-state index contributed by atoms with van der Waals surface area (Å²) in [6, 6.07) is 3.78. The predicted molar refractivity (Wildman–Crippen MR) is 55.2 cm³/mol. The zero-order valence-corrected chi connectivity index (χ0v) is 9.15. The summed E-state index contributed by atoms with van der Waals surface area (Å²) in [5, 5.41) is 8.63. The van der Waals surface area contributed by atoms with Crippen LogP contribution < -0.4 is 0 Å². The standard InChI is InChI=1S/C11H14N2O2/c1-8(5-12)6-13(3)11(14)10-4-9(2)15-7-10/h4,7-8H,6H2,1-3H3. The average molecular weight is 206 g/mol. The number of hydrogen-bond donors (Lipinski definition) is 0. The van der Waals surface area contributed by atoms with Crippen molar-refractivity contribution >= 4 is 5.91 Å². The van der Waals surface area contributed by atoms with Crippen LogP contribution in [0.3, 0.4) is 0 Å². The van der Waals surface area contributed by atoms with Gasteiger partial charge in [-0.1, -0.05) is 0 Å². The zero-order valence-electron chi connectivity index (χ0n) is 9.15. The molecular formula is C11H14N2O2. The molecule has 0 aliphatic rings. The first-order valence-electron chi connectivity index (χ1n) is 4.74. The molecule has 0 N–H and O–H groups in total. The summed E-state index contributed by atoms with van der Waals surface area (Å²) in [6.45, 7) is 4.00. The summed E-state index contributed by atoms with van der Waals surface area (Å²) >= 11 is 0. The van der Waals surface area contributed by atoms with Crippen molar-refractivity contribution in [1.29, 1.82) is 5.26 Å². The van der Waals surface area contributed by atoms with Gasteiger partial charge in [0, 0.05) is 13.6 Å². The predicted octanol–water partition coefficient (Wildman–Crippen LogP) is 1.82. The lowest BCUT2D eigenvalue weighted by atomic mass is 10.2. The summed E-state index contributed by atoms with van der Waals surface area (Å²) < 4.78 is 5.05. The number of nitriles is 1. The lowest BCUT2D eigenvalue weighted by Gasteiger charge is -2.16. The van der Waals surface area contributed by atoms with Crippen molar-refractivity contribution in [2.24, 2.45) is 5.92 Å².